The van der Waals surface area contributed by atoms with E-state index >= 15 is 0 Å². The summed E-state index contributed by atoms with van der Waals surface area (Å²) in [6, 6.07) is 9.25. The number of benzene rings is 1. The number of nitrogens with zero attached hydrogens (tertiary/aromatic N) is 2. The van der Waals surface area contributed by atoms with Gasteiger partial charge in [-0.1, -0.05) is 17.7 Å². The van der Waals surface area contributed by atoms with Crippen molar-refractivity contribution in [3.05, 3.63) is 29.8 Å². The third kappa shape index (κ3) is 5.92. The zero-order valence-corrected chi connectivity index (χ0v) is 15.6. The summed E-state index contributed by atoms with van der Waals surface area (Å²) < 4.78 is 5.67. The average Bonchev–Trinajstić information content (AvgIpc) is 3.45. The van der Waals surface area contributed by atoms with Crippen molar-refractivity contribution in [3.63, 3.8) is 0 Å². The Morgan fingerprint density at radius 3 is 2.76 bits per heavy atom. The van der Waals surface area contributed by atoms with Crippen LogP contribution in [0.3, 0.4) is 0 Å². The minimum atomic E-state index is 0.425. The molecule has 2 fully saturated rings. The van der Waals surface area contributed by atoms with Crippen LogP contribution in [-0.2, 0) is 4.74 Å². The standard InChI is InChI=1S/C20H32N4O/c1-16-5-9-19(10-6-16)24-12-3-4-18(14-24)23-20(21-2)22-11-13-25-15-17-7-8-17/h5-6,9-10,17-18H,3-4,7-8,11-15H2,1-2H3,(H2,21,22,23). The van der Waals surface area contributed by atoms with Gasteiger partial charge in [0.05, 0.1) is 6.61 Å². The van der Waals surface area contributed by atoms with Crippen LogP contribution in [0.2, 0.25) is 0 Å². The normalized spacial score (nSPS) is 21.3. The zero-order valence-electron chi connectivity index (χ0n) is 15.6. The van der Waals surface area contributed by atoms with Crippen LogP contribution in [0.5, 0.6) is 0 Å². The summed E-state index contributed by atoms with van der Waals surface area (Å²) in [6.07, 6.45) is 5.07. The Balaban J connectivity index is 1.41. The van der Waals surface area contributed by atoms with Gasteiger partial charge in [0.25, 0.3) is 0 Å². The fourth-order valence-electron chi connectivity index (χ4n) is 3.25. The second-order valence-corrected chi connectivity index (χ2v) is 7.28. The topological polar surface area (TPSA) is 48.9 Å². The Morgan fingerprint density at radius 1 is 1.24 bits per heavy atom. The SMILES string of the molecule is CN=C(NCCOCC1CC1)NC1CCCN(c2ccc(C)cc2)C1. The van der Waals surface area contributed by atoms with Crippen LogP contribution in [0.15, 0.2) is 29.3 Å². The largest absolute Gasteiger partial charge is 0.379 e. The number of guanidine groups is 1. The fraction of sp³-hybridized carbons (Fsp3) is 0.650. The summed E-state index contributed by atoms with van der Waals surface area (Å²) in [7, 11) is 1.83. The third-order valence-electron chi connectivity index (χ3n) is 4.97. The first-order chi connectivity index (χ1) is 12.2. The van der Waals surface area contributed by atoms with E-state index in [4.69, 9.17) is 4.74 Å². The van der Waals surface area contributed by atoms with Gasteiger partial charge in [0.2, 0.25) is 0 Å². The Labute approximate surface area is 151 Å². The van der Waals surface area contributed by atoms with E-state index in [1.807, 2.05) is 7.05 Å². The molecule has 0 aromatic heterocycles. The van der Waals surface area contributed by atoms with Gasteiger partial charge in [-0.15, -0.1) is 0 Å². The van der Waals surface area contributed by atoms with E-state index in [-0.39, 0.29) is 0 Å². The van der Waals surface area contributed by atoms with Crippen molar-refractivity contribution >= 4 is 11.6 Å². The van der Waals surface area contributed by atoms with Gasteiger partial charge in [0.1, 0.15) is 0 Å². The van der Waals surface area contributed by atoms with Crippen LogP contribution in [0.25, 0.3) is 0 Å². The second kappa shape index (κ2) is 9.09. The number of rotatable bonds is 7. The molecule has 0 bridgehead atoms. The molecule has 1 aromatic rings. The molecule has 0 amide bonds. The van der Waals surface area contributed by atoms with E-state index in [1.165, 1.54) is 36.9 Å². The smallest absolute Gasteiger partial charge is 0.191 e. The van der Waals surface area contributed by atoms with Gasteiger partial charge in [0.15, 0.2) is 5.96 Å². The van der Waals surface area contributed by atoms with E-state index in [0.717, 1.165) is 44.7 Å². The van der Waals surface area contributed by atoms with Gasteiger partial charge in [-0.2, -0.15) is 0 Å². The van der Waals surface area contributed by atoms with Crippen molar-refractivity contribution in [1.29, 1.82) is 0 Å². The highest BCUT2D eigenvalue weighted by atomic mass is 16.5. The average molecular weight is 345 g/mol. The Kier molecular flexibility index (Phi) is 6.56. The molecule has 3 rings (SSSR count). The number of ether oxygens (including phenoxy) is 1. The van der Waals surface area contributed by atoms with E-state index in [2.05, 4.69) is 51.7 Å². The monoisotopic (exact) mass is 344 g/mol. The highest BCUT2D eigenvalue weighted by Gasteiger charge is 2.22. The molecule has 25 heavy (non-hydrogen) atoms. The van der Waals surface area contributed by atoms with Crippen molar-refractivity contribution in [2.45, 2.75) is 38.6 Å². The second-order valence-electron chi connectivity index (χ2n) is 7.28. The first-order valence-electron chi connectivity index (χ1n) is 9.61. The van der Waals surface area contributed by atoms with Gasteiger partial charge in [-0.25, -0.2) is 0 Å². The molecule has 1 heterocycles. The summed E-state index contributed by atoms with van der Waals surface area (Å²) in [5.74, 6) is 1.71. The zero-order chi connectivity index (χ0) is 17.5. The number of hydrogen-bond donors (Lipinski definition) is 2. The van der Waals surface area contributed by atoms with E-state index in [9.17, 15) is 0 Å². The maximum Gasteiger partial charge on any atom is 0.191 e. The molecular weight excluding hydrogens is 312 g/mol. The minimum absolute atomic E-state index is 0.425. The van der Waals surface area contributed by atoms with Gasteiger partial charge in [-0.3, -0.25) is 4.99 Å². The van der Waals surface area contributed by atoms with Gasteiger partial charge in [-0.05, 0) is 50.7 Å². The Morgan fingerprint density at radius 2 is 2.04 bits per heavy atom. The molecule has 1 atom stereocenters. The fourth-order valence-corrected chi connectivity index (χ4v) is 3.25. The lowest BCUT2D eigenvalue weighted by Gasteiger charge is -2.35. The lowest BCUT2D eigenvalue weighted by Crippen LogP contribution is -2.51. The number of aliphatic imine (C=N–C) groups is 1. The van der Waals surface area contributed by atoms with Crippen LogP contribution in [0.1, 0.15) is 31.2 Å². The molecule has 1 aliphatic heterocycles. The molecule has 1 aromatic carbocycles. The van der Waals surface area contributed by atoms with Crippen LogP contribution in [0.4, 0.5) is 5.69 Å². The summed E-state index contributed by atoms with van der Waals surface area (Å²) in [6.45, 7) is 6.75. The highest BCUT2D eigenvalue weighted by molar-refractivity contribution is 5.80. The molecule has 1 unspecified atom stereocenters. The molecule has 0 spiro atoms. The van der Waals surface area contributed by atoms with Crippen LogP contribution < -0.4 is 15.5 Å². The lowest BCUT2D eigenvalue weighted by atomic mass is 10.0. The maximum atomic E-state index is 5.67. The van der Waals surface area contributed by atoms with Crippen molar-refractivity contribution in [2.24, 2.45) is 10.9 Å². The lowest BCUT2D eigenvalue weighted by molar-refractivity contribution is 0.129. The van der Waals surface area contributed by atoms with Crippen LogP contribution in [-0.4, -0.2) is 51.9 Å². The Bertz CT molecular complexity index is 553. The number of anilines is 1. The van der Waals surface area contributed by atoms with Crippen molar-refractivity contribution < 1.29 is 4.74 Å². The third-order valence-corrected chi connectivity index (χ3v) is 4.97. The maximum absolute atomic E-state index is 5.67. The number of hydrogen-bond acceptors (Lipinski definition) is 3. The number of nitrogens with one attached hydrogen (secondary N) is 2. The van der Waals surface area contributed by atoms with Crippen molar-refractivity contribution in [2.75, 3.05) is 44.8 Å². The quantitative estimate of drug-likeness (QED) is 0.453. The minimum Gasteiger partial charge on any atom is -0.379 e. The van der Waals surface area contributed by atoms with E-state index in [1.54, 1.807) is 0 Å². The summed E-state index contributed by atoms with van der Waals surface area (Å²) in [5, 5.41) is 6.94. The summed E-state index contributed by atoms with van der Waals surface area (Å²) in [4.78, 5) is 6.82. The molecule has 1 saturated carbocycles. The molecule has 2 aliphatic rings. The summed E-state index contributed by atoms with van der Waals surface area (Å²) >= 11 is 0. The predicted octanol–water partition coefficient (Wildman–Crippen LogP) is 2.56. The van der Waals surface area contributed by atoms with E-state index < -0.39 is 0 Å². The van der Waals surface area contributed by atoms with Gasteiger partial charge >= 0.3 is 0 Å². The number of piperidine rings is 1. The molecule has 2 N–H and O–H groups in total. The first kappa shape index (κ1) is 18.1. The molecular formula is C20H32N4O. The first-order valence-corrected chi connectivity index (χ1v) is 9.61. The van der Waals surface area contributed by atoms with Gasteiger partial charge in [0, 0.05) is 45.0 Å². The number of aryl methyl sites for hydroxylation is 1. The van der Waals surface area contributed by atoms with Crippen LogP contribution >= 0.6 is 0 Å². The molecule has 1 saturated heterocycles. The predicted molar refractivity (Wildman–Crippen MR) is 104 cm³/mol. The molecule has 5 nitrogen and oxygen atoms in total. The molecule has 1 aliphatic carbocycles. The Hall–Kier alpha value is -1.75. The van der Waals surface area contributed by atoms with Crippen molar-refractivity contribution in [1.82, 2.24) is 10.6 Å². The summed E-state index contributed by atoms with van der Waals surface area (Å²) in [5.41, 5.74) is 2.62. The molecule has 0 radical (unpaired) electrons. The highest BCUT2D eigenvalue weighted by Crippen LogP contribution is 2.28. The van der Waals surface area contributed by atoms with Crippen LogP contribution in [0, 0.1) is 12.8 Å². The molecule has 138 valence electrons. The van der Waals surface area contributed by atoms with Crippen molar-refractivity contribution in [3.8, 4) is 0 Å². The molecule has 5 heteroatoms. The van der Waals surface area contributed by atoms with Gasteiger partial charge < -0.3 is 20.3 Å². The van der Waals surface area contributed by atoms with E-state index in [0.29, 0.717) is 6.04 Å².